The summed E-state index contributed by atoms with van der Waals surface area (Å²) in [6, 6.07) is 0. The van der Waals surface area contributed by atoms with E-state index in [0.29, 0.717) is 0 Å². The molecule has 1 heterocycles. The molecule has 0 aliphatic carbocycles. The highest BCUT2D eigenvalue weighted by molar-refractivity contribution is 8.00. The third kappa shape index (κ3) is 1.73. The van der Waals surface area contributed by atoms with Crippen molar-refractivity contribution in [1.82, 2.24) is 0 Å². The van der Waals surface area contributed by atoms with Crippen molar-refractivity contribution in [2.24, 2.45) is 0 Å². The largest absolute Gasteiger partial charge is 0.395 e. The third-order valence-corrected chi connectivity index (χ3v) is 3.20. The summed E-state index contributed by atoms with van der Waals surface area (Å²) in [7, 11) is 0. The molecule has 5 N–H and O–H groups in total. The third-order valence-electron chi connectivity index (χ3n) is 1.87. The fraction of sp³-hybridized carbons (Fsp3) is 1.00. The van der Waals surface area contributed by atoms with E-state index in [4.69, 9.17) is 20.4 Å². The first-order valence-corrected chi connectivity index (χ1v) is 4.50. The lowest BCUT2D eigenvalue weighted by molar-refractivity contribution is -0.0953. The van der Waals surface area contributed by atoms with Crippen molar-refractivity contribution >= 4 is 11.8 Å². The maximum Gasteiger partial charge on any atom is 0.128 e. The zero-order valence-corrected chi connectivity index (χ0v) is 7.05. The molecule has 0 unspecified atom stereocenters. The maximum absolute atomic E-state index is 9.22. The normalized spacial score (nSPS) is 49.2. The first-order valence-electron chi connectivity index (χ1n) is 3.56. The molecule has 0 aromatic rings. The first-order chi connectivity index (χ1) is 5.57. The van der Waals surface area contributed by atoms with E-state index < -0.39 is 29.0 Å². The molecule has 72 valence electrons. The van der Waals surface area contributed by atoms with E-state index in [9.17, 15) is 5.11 Å². The van der Waals surface area contributed by atoms with Crippen molar-refractivity contribution < 1.29 is 25.5 Å². The lowest BCUT2D eigenvalue weighted by atomic mass is 10.0. The van der Waals surface area contributed by atoms with E-state index in [1.807, 2.05) is 0 Å². The van der Waals surface area contributed by atoms with Crippen LogP contribution in [-0.2, 0) is 0 Å². The van der Waals surface area contributed by atoms with Gasteiger partial charge in [0.15, 0.2) is 0 Å². The summed E-state index contributed by atoms with van der Waals surface area (Å²) in [4.78, 5) is 0. The fourth-order valence-electron chi connectivity index (χ4n) is 1.08. The Bertz CT molecular complexity index is 150. The molecule has 12 heavy (non-hydrogen) atoms. The molecule has 0 saturated carbocycles. The summed E-state index contributed by atoms with van der Waals surface area (Å²) in [5, 5.41) is 44.6. The van der Waals surface area contributed by atoms with Crippen LogP contribution in [0.2, 0.25) is 0 Å². The van der Waals surface area contributed by atoms with E-state index in [0.717, 1.165) is 11.8 Å². The van der Waals surface area contributed by atoms with E-state index in [2.05, 4.69) is 0 Å². The van der Waals surface area contributed by atoms with Gasteiger partial charge in [0.25, 0.3) is 0 Å². The van der Waals surface area contributed by atoms with Crippen molar-refractivity contribution in [1.29, 1.82) is 0 Å². The van der Waals surface area contributed by atoms with Gasteiger partial charge in [-0.1, -0.05) is 0 Å². The molecular weight excluding hydrogens is 184 g/mol. The second kappa shape index (κ2) is 3.91. The van der Waals surface area contributed by atoms with Crippen molar-refractivity contribution in [2.75, 3.05) is 6.61 Å². The van der Waals surface area contributed by atoms with Crippen molar-refractivity contribution in [3.05, 3.63) is 0 Å². The Balaban J connectivity index is 2.63. The van der Waals surface area contributed by atoms with Gasteiger partial charge in [-0.25, -0.2) is 0 Å². The van der Waals surface area contributed by atoms with Gasteiger partial charge in [-0.2, -0.15) is 0 Å². The summed E-state index contributed by atoms with van der Waals surface area (Å²) in [6.07, 6.45) is -3.94. The van der Waals surface area contributed by atoms with Gasteiger partial charge in [0, 0.05) is 0 Å². The minimum absolute atomic E-state index is 0.341. The summed E-state index contributed by atoms with van der Waals surface area (Å²) < 4.78 is 0. The molecule has 0 aromatic heterocycles. The molecule has 6 heteroatoms. The van der Waals surface area contributed by atoms with E-state index in [1.165, 1.54) is 0 Å². The molecule has 0 radical (unpaired) electrons. The van der Waals surface area contributed by atoms with Gasteiger partial charge >= 0.3 is 0 Å². The minimum Gasteiger partial charge on any atom is -0.395 e. The molecule has 1 fully saturated rings. The lowest BCUT2D eigenvalue weighted by Crippen LogP contribution is -2.53. The lowest BCUT2D eigenvalue weighted by Gasteiger charge is -2.36. The molecule has 5 nitrogen and oxygen atoms in total. The predicted molar refractivity (Wildman–Crippen MR) is 42.5 cm³/mol. The van der Waals surface area contributed by atoms with Crippen LogP contribution in [0.5, 0.6) is 0 Å². The standard InChI is InChI=1S/C6H12O5S/c7-1-2-3(8)4(9)5(10)6(11)12-2/h2-11H,1H2/t2-,3-,4-,5+,6+/m0/s1. The molecule has 0 aromatic carbocycles. The van der Waals surface area contributed by atoms with Crippen LogP contribution in [0.25, 0.3) is 0 Å². The molecular formula is C6H12O5S. The van der Waals surface area contributed by atoms with Crippen LogP contribution in [0.1, 0.15) is 0 Å². The monoisotopic (exact) mass is 196 g/mol. The molecule has 0 amide bonds. The summed E-state index contributed by atoms with van der Waals surface area (Å²) in [6.45, 7) is -0.341. The van der Waals surface area contributed by atoms with E-state index >= 15 is 0 Å². The zero-order valence-electron chi connectivity index (χ0n) is 6.24. The molecule has 0 spiro atoms. The zero-order chi connectivity index (χ0) is 9.30. The van der Waals surface area contributed by atoms with Gasteiger partial charge in [-0.3, -0.25) is 0 Å². The van der Waals surface area contributed by atoms with Gasteiger partial charge in [0.2, 0.25) is 0 Å². The molecule has 0 bridgehead atoms. The van der Waals surface area contributed by atoms with Gasteiger partial charge in [-0.05, 0) is 0 Å². The van der Waals surface area contributed by atoms with Crippen LogP contribution in [0.3, 0.4) is 0 Å². The van der Waals surface area contributed by atoms with Crippen LogP contribution in [0, 0.1) is 0 Å². The fourth-order valence-corrected chi connectivity index (χ4v) is 2.17. The predicted octanol–water partition coefficient (Wildman–Crippen LogP) is -2.50. The first kappa shape index (κ1) is 10.2. The SMILES string of the molecule is OC[C@@H]1S[C@@H](O)[C@H](O)[C@@H](O)[C@H]1O. The number of hydrogen-bond donors (Lipinski definition) is 5. The highest BCUT2D eigenvalue weighted by atomic mass is 32.2. The van der Waals surface area contributed by atoms with Crippen LogP contribution in [0.4, 0.5) is 0 Å². The number of rotatable bonds is 1. The second-order valence-electron chi connectivity index (χ2n) is 2.72. The maximum atomic E-state index is 9.22. The quantitative estimate of drug-likeness (QED) is 0.318. The van der Waals surface area contributed by atoms with Crippen LogP contribution in [-0.4, -0.2) is 61.1 Å². The molecule has 1 rings (SSSR count). The van der Waals surface area contributed by atoms with E-state index in [1.54, 1.807) is 0 Å². The molecule has 1 aliphatic rings. The second-order valence-corrected chi connectivity index (χ2v) is 4.08. The molecule has 5 atom stereocenters. The van der Waals surface area contributed by atoms with Gasteiger partial charge in [-0.15, -0.1) is 11.8 Å². The Morgan fingerprint density at radius 2 is 1.50 bits per heavy atom. The Morgan fingerprint density at radius 1 is 0.917 bits per heavy atom. The minimum atomic E-state index is -1.39. The summed E-state index contributed by atoms with van der Waals surface area (Å²) in [5.41, 5.74) is -1.15. The molecule has 1 saturated heterocycles. The Kier molecular flexibility index (Phi) is 3.33. The highest BCUT2D eigenvalue weighted by Crippen LogP contribution is 2.30. The Labute approximate surface area is 73.7 Å². The highest BCUT2D eigenvalue weighted by Gasteiger charge is 2.42. The number of hydrogen-bond acceptors (Lipinski definition) is 6. The van der Waals surface area contributed by atoms with E-state index in [-0.39, 0.29) is 6.61 Å². The Hall–Kier alpha value is 0.150. The topological polar surface area (TPSA) is 101 Å². The smallest absolute Gasteiger partial charge is 0.128 e. The van der Waals surface area contributed by atoms with Crippen LogP contribution in [0.15, 0.2) is 0 Å². The van der Waals surface area contributed by atoms with Gasteiger partial charge in [0.05, 0.1) is 18.0 Å². The number of thioether (sulfide) groups is 1. The number of aliphatic hydroxyl groups excluding tert-OH is 5. The van der Waals surface area contributed by atoms with Crippen LogP contribution < -0.4 is 0 Å². The van der Waals surface area contributed by atoms with Crippen LogP contribution >= 0.6 is 11.8 Å². The van der Waals surface area contributed by atoms with Crippen molar-refractivity contribution in [2.45, 2.75) is 29.0 Å². The van der Waals surface area contributed by atoms with Crippen molar-refractivity contribution in [3.63, 3.8) is 0 Å². The Morgan fingerprint density at radius 3 is 2.00 bits per heavy atom. The average Bonchev–Trinajstić information content (AvgIpc) is 2.08. The van der Waals surface area contributed by atoms with Gasteiger partial charge < -0.3 is 25.5 Å². The summed E-state index contributed by atoms with van der Waals surface area (Å²) >= 11 is 0.852. The summed E-state index contributed by atoms with van der Waals surface area (Å²) in [5.74, 6) is 0. The number of aliphatic hydroxyl groups is 5. The van der Waals surface area contributed by atoms with Gasteiger partial charge in [0.1, 0.15) is 17.6 Å². The average molecular weight is 196 g/mol. The molecule has 1 aliphatic heterocycles. The van der Waals surface area contributed by atoms with Crippen molar-refractivity contribution in [3.8, 4) is 0 Å².